The second-order valence-corrected chi connectivity index (χ2v) is 5.58. The van der Waals surface area contributed by atoms with Gasteiger partial charge in [-0.3, -0.25) is 4.79 Å². The van der Waals surface area contributed by atoms with Gasteiger partial charge in [0, 0.05) is 25.6 Å². The molecule has 3 rings (SSSR count). The van der Waals surface area contributed by atoms with Crippen molar-refractivity contribution in [3.05, 3.63) is 42.1 Å². The molecular weight excluding hydrogens is 301 g/mol. The Hall–Kier alpha value is -2.70. The number of ketones is 1. The number of nitrogens with zero attached hydrogens (tertiary/aromatic N) is 3. The van der Waals surface area contributed by atoms with E-state index in [1.807, 2.05) is 0 Å². The highest BCUT2D eigenvalue weighted by molar-refractivity contribution is 5.98. The van der Waals surface area contributed by atoms with Crippen LogP contribution in [0.15, 0.2) is 30.6 Å². The molecule has 0 aliphatic carbocycles. The maximum absolute atomic E-state index is 13.1. The number of hydrogen-bond donors (Lipinski definition) is 1. The SMILES string of the molecule is CC(=O)c1c(-c2ccc(F)cc2)ncn1C1CCN(C(=O)O)C1. The fraction of sp³-hybridized carbons (Fsp3) is 0.312. The standard InChI is InChI=1S/C16H16FN3O3/c1-10(21)15-14(11-2-4-12(17)5-3-11)18-9-20(15)13-6-7-19(8-13)16(22)23/h2-5,9,13H,6-8H2,1H3,(H,22,23). The average Bonchev–Trinajstić information content (AvgIpc) is 3.14. The predicted octanol–water partition coefficient (Wildman–Crippen LogP) is 2.82. The molecule has 0 spiro atoms. The zero-order valence-electron chi connectivity index (χ0n) is 12.6. The summed E-state index contributed by atoms with van der Waals surface area (Å²) in [6.07, 6.45) is 1.23. The molecule has 1 aliphatic heterocycles. The minimum Gasteiger partial charge on any atom is -0.465 e. The van der Waals surface area contributed by atoms with Crippen molar-refractivity contribution in [3.8, 4) is 11.3 Å². The van der Waals surface area contributed by atoms with E-state index in [0.717, 1.165) is 0 Å². The largest absolute Gasteiger partial charge is 0.465 e. The number of amides is 1. The summed E-state index contributed by atoms with van der Waals surface area (Å²) >= 11 is 0. The van der Waals surface area contributed by atoms with Gasteiger partial charge < -0.3 is 14.6 Å². The van der Waals surface area contributed by atoms with Crippen LogP contribution < -0.4 is 0 Å². The van der Waals surface area contributed by atoms with Gasteiger partial charge in [-0.2, -0.15) is 0 Å². The summed E-state index contributed by atoms with van der Waals surface area (Å²) in [4.78, 5) is 28.8. The van der Waals surface area contributed by atoms with E-state index in [1.54, 1.807) is 23.0 Å². The zero-order chi connectivity index (χ0) is 16.6. The van der Waals surface area contributed by atoms with Crippen molar-refractivity contribution in [1.82, 2.24) is 14.5 Å². The summed E-state index contributed by atoms with van der Waals surface area (Å²) in [5.41, 5.74) is 1.57. The molecule has 1 fully saturated rings. The summed E-state index contributed by atoms with van der Waals surface area (Å²) in [5, 5.41) is 9.06. The summed E-state index contributed by atoms with van der Waals surface area (Å²) in [6, 6.07) is 5.67. The summed E-state index contributed by atoms with van der Waals surface area (Å²) in [5.74, 6) is -0.513. The van der Waals surface area contributed by atoms with Crippen LogP contribution in [0.2, 0.25) is 0 Å². The van der Waals surface area contributed by atoms with Crippen molar-refractivity contribution in [3.63, 3.8) is 0 Å². The Balaban J connectivity index is 1.98. The molecule has 1 atom stereocenters. The topological polar surface area (TPSA) is 75.4 Å². The number of likely N-dealkylation sites (tertiary alicyclic amines) is 1. The maximum Gasteiger partial charge on any atom is 0.407 e. The van der Waals surface area contributed by atoms with Gasteiger partial charge in [-0.1, -0.05) is 0 Å². The number of aromatic nitrogens is 2. The Bertz CT molecular complexity index is 754. The van der Waals surface area contributed by atoms with E-state index in [-0.39, 0.29) is 17.6 Å². The number of halogens is 1. The lowest BCUT2D eigenvalue weighted by Crippen LogP contribution is -2.27. The molecule has 1 aliphatic rings. The Morgan fingerprint density at radius 2 is 2.00 bits per heavy atom. The third-order valence-corrected chi connectivity index (χ3v) is 4.07. The molecule has 0 radical (unpaired) electrons. The van der Waals surface area contributed by atoms with Crippen LogP contribution in [0, 0.1) is 5.82 Å². The van der Waals surface area contributed by atoms with Crippen LogP contribution in [0.5, 0.6) is 0 Å². The number of hydrogen-bond acceptors (Lipinski definition) is 3. The van der Waals surface area contributed by atoms with Crippen molar-refractivity contribution >= 4 is 11.9 Å². The minimum absolute atomic E-state index is 0.119. The average molecular weight is 317 g/mol. The molecule has 23 heavy (non-hydrogen) atoms. The van der Waals surface area contributed by atoms with Crippen molar-refractivity contribution in [1.29, 1.82) is 0 Å². The first-order chi connectivity index (χ1) is 11.0. The first-order valence-corrected chi connectivity index (χ1v) is 7.29. The molecule has 1 saturated heterocycles. The van der Waals surface area contributed by atoms with Gasteiger partial charge in [-0.15, -0.1) is 0 Å². The fourth-order valence-electron chi connectivity index (χ4n) is 2.95. The van der Waals surface area contributed by atoms with Crippen LogP contribution in [0.3, 0.4) is 0 Å². The van der Waals surface area contributed by atoms with Gasteiger partial charge in [0.1, 0.15) is 11.5 Å². The van der Waals surface area contributed by atoms with Gasteiger partial charge in [0.15, 0.2) is 5.78 Å². The van der Waals surface area contributed by atoms with Gasteiger partial charge in [-0.25, -0.2) is 14.2 Å². The van der Waals surface area contributed by atoms with Crippen molar-refractivity contribution < 1.29 is 19.1 Å². The lowest BCUT2D eigenvalue weighted by atomic mass is 10.1. The molecule has 7 heteroatoms. The van der Waals surface area contributed by atoms with Crippen LogP contribution in [-0.4, -0.2) is 44.5 Å². The smallest absolute Gasteiger partial charge is 0.407 e. The molecule has 0 saturated carbocycles. The molecule has 1 aromatic carbocycles. The summed E-state index contributed by atoms with van der Waals surface area (Å²) < 4.78 is 14.8. The van der Waals surface area contributed by atoms with Crippen LogP contribution in [0.4, 0.5) is 9.18 Å². The molecule has 1 N–H and O–H groups in total. The van der Waals surface area contributed by atoms with E-state index < -0.39 is 6.09 Å². The van der Waals surface area contributed by atoms with Gasteiger partial charge >= 0.3 is 6.09 Å². The highest BCUT2D eigenvalue weighted by Crippen LogP contribution is 2.29. The second-order valence-electron chi connectivity index (χ2n) is 5.58. The fourth-order valence-corrected chi connectivity index (χ4v) is 2.95. The molecule has 1 aromatic heterocycles. The van der Waals surface area contributed by atoms with Crippen molar-refractivity contribution in [2.45, 2.75) is 19.4 Å². The number of carbonyl (C=O) groups excluding carboxylic acids is 1. The van der Waals surface area contributed by atoms with Gasteiger partial charge in [0.05, 0.1) is 18.1 Å². The van der Waals surface area contributed by atoms with E-state index in [9.17, 15) is 14.0 Å². The Morgan fingerprint density at radius 1 is 1.30 bits per heavy atom. The predicted molar refractivity (Wildman–Crippen MR) is 80.9 cm³/mol. The zero-order valence-corrected chi connectivity index (χ0v) is 12.6. The maximum atomic E-state index is 13.1. The van der Waals surface area contributed by atoms with E-state index in [4.69, 9.17) is 5.11 Å². The number of carboxylic acid groups (broad SMARTS) is 1. The molecule has 1 amide bonds. The van der Waals surface area contributed by atoms with Gasteiger partial charge in [0.2, 0.25) is 0 Å². The van der Waals surface area contributed by atoms with Crippen molar-refractivity contribution in [2.75, 3.05) is 13.1 Å². The quantitative estimate of drug-likeness (QED) is 0.883. The molecule has 0 bridgehead atoms. The first-order valence-electron chi connectivity index (χ1n) is 7.29. The molecule has 120 valence electrons. The number of benzene rings is 1. The van der Waals surface area contributed by atoms with E-state index >= 15 is 0 Å². The Labute approximate surface area is 132 Å². The molecule has 2 heterocycles. The van der Waals surface area contributed by atoms with Crippen LogP contribution in [0.1, 0.15) is 29.9 Å². The molecule has 1 unspecified atom stereocenters. The van der Waals surface area contributed by atoms with Crippen LogP contribution >= 0.6 is 0 Å². The van der Waals surface area contributed by atoms with Crippen LogP contribution in [-0.2, 0) is 0 Å². The number of carbonyl (C=O) groups is 2. The van der Waals surface area contributed by atoms with Gasteiger partial charge in [-0.05, 0) is 30.7 Å². The van der Waals surface area contributed by atoms with E-state index in [0.29, 0.717) is 36.5 Å². The molecule has 6 nitrogen and oxygen atoms in total. The lowest BCUT2D eigenvalue weighted by Gasteiger charge is -2.15. The summed E-state index contributed by atoms with van der Waals surface area (Å²) in [7, 11) is 0. The highest BCUT2D eigenvalue weighted by Gasteiger charge is 2.30. The monoisotopic (exact) mass is 317 g/mol. The minimum atomic E-state index is -0.962. The highest BCUT2D eigenvalue weighted by atomic mass is 19.1. The second kappa shape index (κ2) is 5.83. The number of imidazole rings is 1. The molecular formula is C16H16FN3O3. The Kier molecular flexibility index (Phi) is 3.85. The normalized spacial score (nSPS) is 17.5. The van der Waals surface area contributed by atoms with Gasteiger partial charge in [0.25, 0.3) is 0 Å². The van der Waals surface area contributed by atoms with Crippen LogP contribution in [0.25, 0.3) is 11.3 Å². The lowest BCUT2D eigenvalue weighted by molar-refractivity contribution is 0.100. The third kappa shape index (κ3) is 2.81. The number of rotatable bonds is 3. The number of Topliss-reactive ketones (excluding diaryl/α,β-unsaturated/α-hetero) is 1. The summed E-state index contributed by atoms with van der Waals surface area (Å²) in [6.45, 7) is 2.21. The Morgan fingerprint density at radius 3 is 2.57 bits per heavy atom. The first kappa shape index (κ1) is 15.2. The van der Waals surface area contributed by atoms with E-state index in [1.165, 1.54) is 24.0 Å². The third-order valence-electron chi connectivity index (χ3n) is 4.07. The van der Waals surface area contributed by atoms with Crippen molar-refractivity contribution in [2.24, 2.45) is 0 Å². The molecule has 2 aromatic rings. The van der Waals surface area contributed by atoms with E-state index in [2.05, 4.69) is 4.98 Å².